The minimum absolute atomic E-state index is 0.623. The first-order valence-corrected chi connectivity index (χ1v) is 6.51. The van der Waals surface area contributed by atoms with E-state index in [1.54, 1.807) is 12.4 Å². The molecule has 5 heteroatoms. The third-order valence-electron chi connectivity index (χ3n) is 3.17. The first-order valence-electron chi connectivity index (χ1n) is 6.51. The second kappa shape index (κ2) is 5.10. The Bertz CT molecular complexity index is 783. The first kappa shape index (κ1) is 12.3. The normalized spacial score (nSPS) is 10.6. The maximum absolute atomic E-state index is 8.99. The van der Waals surface area contributed by atoms with Gasteiger partial charge in [0.25, 0.3) is 0 Å². The molecular formula is C15H13N5. The largest absolute Gasteiger partial charge is 0.324 e. The molecule has 0 aliphatic carbocycles. The predicted molar refractivity (Wildman–Crippen MR) is 75.8 cm³/mol. The lowest BCUT2D eigenvalue weighted by Crippen LogP contribution is -2.00. The molecule has 20 heavy (non-hydrogen) atoms. The van der Waals surface area contributed by atoms with Gasteiger partial charge in [0.1, 0.15) is 5.82 Å². The molecule has 2 heterocycles. The van der Waals surface area contributed by atoms with Crippen molar-refractivity contribution in [3.63, 3.8) is 0 Å². The van der Waals surface area contributed by atoms with E-state index in [-0.39, 0.29) is 0 Å². The van der Waals surface area contributed by atoms with Crippen molar-refractivity contribution in [1.29, 1.82) is 5.26 Å². The molecule has 0 radical (unpaired) electrons. The van der Waals surface area contributed by atoms with Crippen molar-refractivity contribution in [1.82, 2.24) is 19.7 Å². The van der Waals surface area contributed by atoms with Gasteiger partial charge in [-0.1, -0.05) is 6.92 Å². The third kappa shape index (κ3) is 2.01. The molecule has 0 spiro atoms. The lowest BCUT2D eigenvalue weighted by Gasteiger charge is -2.07. The summed E-state index contributed by atoms with van der Waals surface area (Å²) in [6.07, 6.45) is 4.38. The Morgan fingerprint density at radius 2 is 2.15 bits per heavy atom. The van der Waals surface area contributed by atoms with E-state index in [9.17, 15) is 0 Å². The molecule has 0 aliphatic heterocycles. The first-order chi connectivity index (χ1) is 9.83. The number of nitrogens with zero attached hydrogens (tertiary/aromatic N) is 5. The summed E-state index contributed by atoms with van der Waals surface area (Å²) < 4.78 is 2.16. The summed E-state index contributed by atoms with van der Waals surface area (Å²) in [4.78, 5) is 4.65. The van der Waals surface area contributed by atoms with Gasteiger partial charge in [0.2, 0.25) is 0 Å². The average Bonchev–Trinajstić information content (AvgIpc) is 2.86. The molecule has 0 N–H and O–H groups in total. The summed E-state index contributed by atoms with van der Waals surface area (Å²) in [7, 11) is 0. The number of benzene rings is 1. The second-order valence-electron chi connectivity index (χ2n) is 4.53. The number of fused-ring (bicyclic) bond motifs is 1. The SMILES string of the molecule is CCCn1c(-c2ccnnc2)nc2cc(C#N)ccc21. The van der Waals surface area contributed by atoms with Crippen molar-refractivity contribution >= 4 is 11.0 Å². The number of hydrogen-bond acceptors (Lipinski definition) is 4. The van der Waals surface area contributed by atoms with E-state index < -0.39 is 0 Å². The summed E-state index contributed by atoms with van der Waals surface area (Å²) in [5, 5.41) is 16.7. The van der Waals surface area contributed by atoms with Crippen LogP contribution < -0.4 is 0 Å². The zero-order chi connectivity index (χ0) is 13.9. The van der Waals surface area contributed by atoms with Gasteiger partial charge in [0.15, 0.2) is 0 Å². The molecule has 0 unspecified atom stereocenters. The van der Waals surface area contributed by atoms with Crippen LogP contribution in [0, 0.1) is 11.3 Å². The number of aromatic nitrogens is 4. The fourth-order valence-electron chi connectivity index (χ4n) is 2.29. The van der Waals surface area contributed by atoms with Gasteiger partial charge >= 0.3 is 0 Å². The molecule has 2 aromatic heterocycles. The molecule has 3 aromatic rings. The number of rotatable bonds is 3. The molecule has 0 atom stereocenters. The minimum atomic E-state index is 0.623. The van der Waals surface area contributed by atoms with E-state index in [0.29, 0.717) is 5.56 Å². The summed E-state index contributed by atoms with van der Waals surface area (Å²) in [5.41, 5.74) is 3.43. The fraction of sp³-hybridized carbons (Fsp3) is 0.200. The highest BCUT2D eigenvalue weighted by atomic mass is 15.1. The van der Waals surface area contributed by atoms with Crippen LogP contribution in [0.2, 0.25) is 0 Å². The highest BCUT2D eigenvalue weighted by Crippen LogP contribution is 2.25. The Balaban J connectivity index is 2.26. The number of hydrogen-bond donors (Lipinski definition) is 0. The monoisotopic (exact) mass is 263 g/mol. The average molecular weight is 263 g/mol. The molecule has 0 amide bonds. The van der Waals surface area contributed by atoms with Crippen molar-refractivity contribution < 1.29 is 0 Å². The minimum Gasteiger partial charge on any atom is -0.324 e. The topological polar surface area (TPSA) is 67.4 Å². The maximum atomic E-state index is 8.99. The molecule has 0 saturated carbocycles. The van der Waals surface area contributed by atoms with E-state index in [1.807, 2.05) is 24.3 Å². The van der Waals surface area contributed by atoms with E-state index in [1.165, 1.54) is 0 Å². The fourth-order valence-corrected chi connectivity index (χ4v) is 2.29. The molecule has 0 fully saturated rings. The molecule has 5 nitrogen and oxygen atoms in total. The van der Waals surface area contributed by atoms with Crippen LogP contribution in [0.3, 0.4) is 0 Å². The third-order valence-corrected chi connectivity index (χ3v) is 3.17. The lowest BCUT2D eigenvalue weighted by atomic mass is 10.2. The van der Waals surface area contributed by atoms with Crippen LogP contribution in [0.5, 0.6) is 0 Å². The Labute approximate surface area is 116 Å². The molecular weight excluding hydrogens is 250 g/mol. The highest BCUT2D eigenvalue weighted by Gasteiger charge is 2.12. The smallest absolute Gasteiger partial charge is 0.142 e. The second-order valence-corrected chi connectivity index (χ2v) is 4.53. The predicted octanol–water partition coefficient (Wildman–Crippen LogP) is 2.77. The van der Waals surface area contributed by atoms with Crippen LogP contribution in [-0.4, -0.2) is 19.7 Å². The van der Waals surface area contributed by atoms with Gasteiger partial charge in [-0.3, -0.25) is 0 Å². The molecule has 98 valence electrons. The highest BCUT2D eigenvalue weighted by molar-refractivity contribution is 5.81. The van der Waals surface area contributed by atoms with Crippen LogP contribution in [0.1, 0.15) is 18.9 Å². The van der Waals surface area contributed by atoms with Crippen molar-refractivity contribution in [2.24, 2.45) is 0 Å². The van der Waals surface area contributed by atoms with E-state index in [2.05, 4.69) is 32.7 Å². The van der Waals surface area contributed by atoms with Gasteiger partial charge in [-0.15, -0.1) is 0 Å². The van der Waals surface area contributed by atoms with Crippen LogP contribution in [-0.2, 0) is 6.54 Å². The Morgan fingerprint density at radius 3 is 2.85 bits per heavy atom. The molecule has 0 saturated heterocycles. The Kier molecular flexibility index (Phi) is 3.13. The summed E-state index contributed by atoms with van der Waals surface area (Å²) in [6, 6.07) is 9.64. The van der Waals surface area contributed by atoms with Crippen molar-refractivity contribution in [2.45, 2.75) is 19.9 Å². The number of aryl methyl sites for hydroxylation is 1. The van der Waals surface area contributed by atoms with Gasteiger partial charge in [0.05, 0.1) is 35.1 Å². The molecule has 0 bridgehead atoms. The van der Waals surface area contributed by atoms with Gasteiger partial charge in [0, 0.05) is 12.1 Å². The van der Waals surface area contributed by atoms with Crippen LogP contribution in [0.25, 0.3) is 22.4 Å². The van der Waals surface area contributed by atoms with Crippen molar-refractivity contribution in [3.8, 4) is 17.5 Å². The van der Waals surface area contributed by atoms with Crippen molar-refractivity contribution in [2.75, 3.05) is 0 Å². The van der Waals surface area contributed by atoms with Gasteiger partial charge < -0.3 is 4.57 Å². The zero-order valence-electron chi connectivity index (χ0n) is 11.1. The lowest BCUT2D eigenvalue weighted by molar-refractivity contribution is 0.703. The van der Waals surface area contributed by atoms with E-state index >= 15 is 0 Å². The van der Waals surface area contributed by atoms with Gasteiger partial charge in [-0.25, -0.2) is 4.98 Å². The maximum Gasteiger partial charge on any atom is 0.142 e. The van der Waals surface area contributed by atoms with Crippen LogP contribution >= 0.6 is 0 Å². The Morgan fingerprint density at radius 1 is 1.25 bits per heavy atom. The van der Waals surface area contributed by atoms with E-state index in [4.69, 9.17) is 5.26 Å². The molecule has 1 aromatic carbocycles. The number of nitriles is 1. The quantitative estimate of drug-likeness (QED) is 0.728. The van der Waals surface area contributed by atoms with Gasteiger partial charge in [-0.05, 0) is 30.7 Å². The summed E-state index contributed by atoms with van der Waals surface area (Å²) in [6.45, 7) is 3.00. The summed E-state index contributed by atoms with van der Waals surface area (Å²) >= 11 is 0. The molecule has 3 rings (SSSR count). The standard InChI is InChI=1S/C15H13N5/c1-2-7-20-14-4-3-11(9-16)8-13(14)19-15(20)12-5-6-17-18-10-12/h3-6,8,10H,2,7H2,1H3. The zero-order valence-corrected chi connectivity index (χ0v) is 11.1. The molecule has 0 aliphatic rings. The van der Waals surface area contributed by atoms with Crippen LogP contribution in [0.4, 0.5) is 0 Å². The Hall–Kier alpha value is -2.74. The van der Waals surface area contributed by atoms with Crippen LogP contribution in [0.15, 0.2) is 36.7 Å². The van der Waals surface area contributed by atoms with Crippen molar-refractivity contribution in [3.05, 3.63) is 42.2 Å². The van der Waals surface area contributed by atoms with Gasteiger partial charge in [-0.2, -0.15) is 15.5 Å². The summed E-state index contributed by atoms with van der Waals surface area (Å²) in [5.74, 6) is 0.867. The number of imidazole rings is 1. The van der Waals surface area contributed by atoms with E-state index in [0.717, 1.165) is 35.4 Å².